The molecule has 1 heterocycles. The van der Waals surface area contributed by atoms with Gasteiger partial charge in [0.1, 0.15) is 0 Å². The molecular formula is C7H10N2O2. The van der Waals surface area contributed by atoms with Crippen molar-refractivity contribution >= 4 is 5.97 Å². The molecule has 0 aliphatic carbocycles. The van der Waals surface area contributed by atoms with Gasteiger partial charge in [-0.3, -0.25) is 0 Å². The van der Waals surface area contributed by atoms with Crippen LogP contribution in [0.3, 0.4) is 0 Å². The summed E-state index contributed by atoms with van der Waals surface area (Å²) in [7, 11) is 0. The van der Waals surface area contributed by atoms with Crippen LogP contribution in [0.2, 0.25) is 0 Å². The van der Waals surface area contributed by atoms with Gasteiger partial charge in [-0.15, -0.1) is 0 Å². The molecule has 0 fully saturated rings. The zero-order valence-electron chi connectivity index (χ0n) is 6.41. The van der Waals surface area contributed by atoms with E-state index in [0.717, 1.165) is 0 Å². The maximum Gasteiger partial charge on any atom is 0.335 e. The lowest BCUT2D eigenvalue weighted by Gasteiger charge is -2.05. The van der Waals surface area contributed by atoms with E-state index < -0.39 is 0 Å². The van der Waals surface area contributed by atoms with Crippen LogP contribution < -0.4 is 0 Å². The van der Waals surface area contributed by atoms with Crippen LogP contribution in [0.1, 0.15) is 6.92 Å². The molecule has 0 radical (unpaired) electrons. The van der Waals surface area contributed by atoms with Crippen LogP contribution in [0.15, 0.2) is 21.9 Å². The summed E-state index contributed by atoms with van der Waals surface area (Å²) in [6.07, 6.45) is 1.74. The average Bonchev–Trinajstić information content (AvgIpc) is 2.07. The quantitative estimate of drug-likeness (QED) is 0.556. The summed E-state index contributed by atoms with van der Waals surface area (Å²) >= 11 is 0. The molecule has 1 aliphatic heterocycles. The lowest BCUT2D eigenvalue weighted by Crippen LogP contribution is -2.11. The molecule has 0 aromatic carbocycles. The van der Waals surface area contributed by atoms with E-state index in [-0.39, 0.29) is 5.97 Å². The van der Waals surface area contributed by atoms with Gasteiger partial charge in [0.15, 0.2) is 0 Å². The highest BCUT2D eigenvalue weighted by molar-refractivity contribution is 5.89. The molecule has 0 aromatic rings. The second-order valence-corrected chi connectivity index (χ2v) is 2.07. The van der Waals surface area contributed by atoms with E-state index in [9.17, 15) is 4.79 Å². The Labute approximate surface area is 65.0 Å². The number of hydrogen-bond acceptors (Lipinski definition) is 4. The zero-order valence-corrected chi connectivity index (χ0v) is 6.41. The Hall–Kier alpha value is -1.19. The van der Waals surface area contributed by atoms with Crippen molar-refractivity contribution in [2.24, 2.45) is 10.2 Å². The minimum atomic E-state index is -0.272. The van der Waals surface area contributed by atoms with Gasteiger partial charge in [0.2, 0.25) is 0 Å². The van der Waals surface area contributed by atoms with Crippen molar-refractivity contribution in [2.45, 2.75) is 6.92 Å². The van der Waals surface area contributed by atoms with E-state index in [4.69, 9.17) is 4.74 Å². The van der Waals surface area contributed by atoms with Crippen LogP contribution >= 0.6 is 0 Å². The van der Waals surface area contributed by atoms with Gasteiger partial charge in [-0.2, -0.15) is 10.2 Å². The Morgan fingerprint density at radius 2 is 2.55 bits per heavy atom. The number of nitrogens with zero attached hydrogens (tertiary/aromatic N) is 2. The van der Waals surface area contributed by atoms with Crippen LogP contribution in [-0.4, -0.2) is 25.7 Å². The van der Waals surface area contributed by atoms with Crippen molar-refractivity contribution in [2.75, 3.05) is 19.7 Å². The third-order valence-corrected chi connectivity index (χ3v) is 1.30. The highest BCUT2D eigenvalue weighted by Gasteiger charge is 2.10. The molecule has 0 amide bonds. The van der Waals surface area contributed by atoms with Gasteiger partial charge in [-0.25, -0.2) is 4.79 Å². The summed E-state index contributed by atoms with van der Waals surface area (Å²) < 4.78 is 4.77. The van der Waals surface area contributed by atoms with Gasteiger partial charge in [-0.1, -0.05) is 0 Å². The fourth-order valence-corrected chi connectivity index (χ4v) is 0.771. The smallest absolute Gasteiger partial charge is 0.335 e. The molecule has 0 N–H and O–H groups in total. The summed E-state index contributed by atoms with van der Waals surface area (Å²) in [5.74, 6) is -0.272. The lowest BCUT2D eigenvalue weighted by molar-refractivity contribution is -0.138. The Morgan fingerprint density at radius 1 is 1.73 bits per heavy atom. The SMILES string of the molecule is CCOC(=O)C1=CCN=NC1. The van der Waals surface area contributed by atoms with Crippen LogP contribution in [0, 0.1) is 0 Å². The molecule has 60 valence electrons. The molecule has 0 spiro atoms. The molecule has 1 aliphatic rings. The second-order valence-electron chi connectivity index (χ2n) is 2.07. The maximum atomic E-state index is 11.0. The van der Waals surface area contributed by atoms with Crippen molar-refractivity contribution in [3.8, 4) is 0 Å². The van der Waals surface area contributed by atoms with Gasteiger partial charge < -0.3 is 4.74 Å². The third-order valence-electron chi connectivity index (χ3n) is 1.30. The molecular weight excluding hydrogens is 144 g/mol. The number of azo groups is 1. The van der Waals surface area contributed by atoms with Crippen LogP contribution in [0.5, 0.6) is 0 Å². The molecule has 0 aromatic heterocycles. The van der Waals surface area contributed by atoms with Gasteiger partial charge in [0.25, 0.3) is 0 Å². The van der Waals surface area contributed by atoms with Crippen LogP contribution in [0.4, 0.5) is 0 Å². The van der Waals surface area contributed by atoms with Gasteiger partial charge in [-0.05, 0) is 13.0 Å². The standard InChI is InChI=1S/C7H10N2O2/c1-2-11-7(10)6-3-4-8-9-5-6/h3H,2,4-5H2,1H3. The van der Waals surface area contributed by atoms with Crippen molar-refractivity contribution in [3.63, 3.8) is 0 Å². The molecule has 11 heavy (non-hydrogen) atoms. The monoisotopic (exact) mass is 154 g/mol. The van der Waals surface area contributed by atoms with Gasteiger partial charge in [0, 0.05) is 0 Å². The third kappa shape index (κ3) is 2.14. The zero-order chi connectivity index (χ0) is 8.10. The summed E-state index contributed by atoms with van der Waals surface area (Å²) in [5, 5.41) is 7.43. The number of ether oxygens (including phenoxy) is 1. The van der Waals surface area contributed by atoms with Crippen LogP contribution in [0.25, 0.3) is 0 Å². The van der Waals surface area contributed by atoms with Crippen molar-refractivity contribution in [1.82, 2.24) is 0 Å². The Morgan fingerprint density at radius 3 is 3.09 bits per heavy atom. The maximum absolute atomic E-state index is 11.0. The first-order valence-corrected chi connectivity index (χ1v) is 3.54. The van der Waals surface area contributed by atoms with Crippen molar-refractivity contribution in [3.05, 3.63) is 11.6 Å². The van der Waals surface area contributed by atoms with Crippen molar-refractivity contribution in [1.29, 1.82) is 0 Å². The van der Waals surface area contributed by atoms with E-state index >= 15 is 0 Å². The van der Waals surface area contributed by atoms with E-state index in [1.54, 1.807) is 13.0 Å². The second kappa shape index (κ2) is 3.85. The summed E-state index contributed by atoms with van der Waals surface area (Å²) in [6.45, 7) is 3.04. The summed E-state index contributed by atoms with van der Waals surface area (Å²) in [5.41, 5.74) is 0.613. The average molecular weight is 154 g/mol. The Kier molecular flexibility index (Phi) is 2.77. The number of hydrogen-bond donors (Lipinski definition) is 0. The predicted octanol–water partition coefficient (Wildman–Crippen LogP) is 0.942. The number of carbonyl (C=O) groups is 1. The van der Waals surface area contributed by atoms with E-state index in [2.05, 4.69) is 10.2 Å². The summed E-state index contributed by atoms with van der Waals surface area (Å²) in [6, 6.07) is 0. The van der Waals surface area contributed by atoms with E-state index in [0.29, 0.717) is 25.3 Å². The molecule has 1 rings (SSSR count). The summed E-state index contributed by atoms with van der Waals surface area (Å²) in [4.78, 5) is 11.0. The first kappa shape index (κ1) is 7.91. The minimum Gasteiger partial charge on any atom is -0.463 e. The van der Waals surface area contributed by atoms with E-state index in [1.807, 2.05) is 0 Å². The molecule has 4 nitrogen and oxygen atoms in total. The first-order valence-electron chi connectivity index (χ1n) is 3.54. The largest absolute Gasteiger partial charge is 0.463 e. The molecule has 0 atom stereocenters. The van der Waals surface area contributed by atoms with Gasteiger partial charge in [0.05, 0.1) is 25.3 Å². The number of rotatable bonds is 2. The highest BCUT2D eigenvalue weighted by Crippen LogP contribution is 2.03. The fourth-order valence-electron chi connectivity index (χ4n) is 0.771. The van der Waals surface area contributed by atoms with Crippen molar-refractivity contribution < 1.29 is 9.53 Å². The fraction of sp³-hybridized carbons (Fsp3) is 0.571. The topological polar surface area (TPSA) is 51.0 Å². The normalized spacial score (nSPS) is 15.9. The Bertz CT molecular complexity index is 208. The molecule has 0 bridgehead atoms. The molecule has 0 saturated carbocycles. The minimum absolute atomic E-state index is 0.272. The lowest BCUT2D eigenvalue weighted by atomic mass is 10.2. The molecule has 0 unspecified atom stereocenters. The molecule has 0 saturated heterocycles. The first-order chi connectivity index (χ1) is 5.34. The van der Waals surface area contributed by atoms with Gasteiger partial charge >= 0.3 is 5.97 Å². The van der Waals surface area contributed by atoms with Crippen LogP contribution in [-0.2, 0) is 9.53 Å². The molecule has 4 heteroatoms. The van der Waals surface area contributed by atoms with E-state index in [1.165, 1.54) is 0 Å². The predicted molar refractivity (Wildman–Crippen MR) is 39.3 cm³/mol. The number of esters is 1. The highest BCUT2D eigenvalue weighted by atomic mass is 16.5. The number of carbonyl (C=O) groups excluding carboxylic acids is 1. The Balaban J connectivity index is 2.46.